The molecule has 1 saturated heterocycles. The average molecular weight is 364 g/mol. The number of likely N-dealkylation sites (tertiary alicyclic amines) is 1. The van der Waals surface area contributed by atoms with Gasteiger partial charge in [0, 0.05) is 25.1 Å². The zero-order valence-electron chi connectivity index (χ0n) is 15.5. The van der Waals surface area contributed by atoms with E-state index in [1.165, 1.54) is 0 Å². The van der Waals surface area contributed by atoms with Crippen molar-refractivity contribution in [3.63, 3.8) is 0 Å². The van der Waals surface area contributed by atoms with E-state index in [-0.39, 0.29) is 11.6 Å². The lowest BCUT2D eigenvalue weighted by Gasteiger charge is -2.31. The highest BCUT2D eigenvalue weighted by Crippen LogP contribution is 2.27. The Labute approximate surface area is 158 Å². The zero-order valence-corrected chi connectivity index (χ0v) is 15.5. The fourth-order valence-electron chi connectivity index (χ4n) is 3.69. The largest absolute Gasteiger partial charge is 0.347 e. The van der Waals surface area contributed by atoms with Crippen LogP contribution in [0.3, 0.4) is 0 Å². The summed E-state index contributed by atoms with van der Waals surface area (Å²) in [6.07, 6.45) is 4.65. The van der Waals surface area contributed by atoms with Crippen molar-refractivity contribution in [2.24, 2.45) is 0 Å². The zero-order chi connectivity index (χ0) is 18.6. The molecule has 0 atom stereocenters. The number of hydrogen-bond acceptors (Lipinski definition) is 5. The maximum atomic E-state index is 12.3. The van der Waals surface area contributed by atoms with Crippen molar-refractivity contribution < 1.29 is 0 Å². The van der Waals surface area contributed by atoms with Crippen LogP contribution in [0.5, 0.6) is 0 Å². The second-order valence-electron chi connectivity index (χ2n) is 6.93. The number of aromatic nitrogens is 5. The van der Waals surface area contributed by atoms with E-state index in [2.05, 4.69) is 32.0 Å². The standard InChI is InChI=1S/C20H24N6O/c1-2-18-21-11-8-16(22-18)14-25-12-9-15(10-13-25)19-23-24-20(27)26(19)17-6-4-3-5-7-17/h3-8,11,15H,2,9-10,12-14H2,1H3,(H,24,27). The van der Waals surface area contributed by atoms with Gasteiger partial charge in [0.25, 0.3) is 0 Å². The number of nitrogens with one attached hydrogen (secondary N) is 1. The van der Waals surface area contributed by atoms with Crippen LogP contribution >= 0.6 is 0 Å². The summed E-state index contributed by atoms with van der Waals surface area (Å²) in [5.74, 6) is 2.00. The van der Waals surface area contributed by atoms with Crippen LogP contribution in [0, 0.1) is 0 Å². The van der Waals surface area contributed by atoms with Gasteiger partial charge in [-0.1, -0.05) is 25.1 Å². The second kappa shape index (κ2) is 7.84. The molecule has 0 amide bonds. The highest BCUT2D eigenvalue weighted by Gasteiger charge is 2.26. The van der Waals surface area contributed by atoms with E-state index in [9.17, 15) is 4.79 Å². The summed E-state index contributed by atoms with van der Waals surface area (Å²) in [5.41, 5.74) is 1.76. The number of aryl methyl sites for hydroxylation is 1. The van der Waals surface area contributed by atoms with Gasteiger partial charge in [-0.25, -0.2) is 24.4 Å². The maximum absolute atomic E-state index is 12.3. The van der Waals surface area contributed by atoms with Crippen LogP contribution in [0.1, 0.15) is 43.0 Å². The van der Waals surface area contributed by atoms with Crippen molar-refractivity contribution in [1.29, 1.82) is 0 Å². The summed E-state index contributed by atoms with van der Waals surface area (Å²) < 4.78 is 1.71. The molecule has 27 heavy (non-hydrogen) atoms. The Kier molecular flexibility index (Phi) is 5.11. The third-order valence-electron chi connectivity index (χ3n) is 5.13. The van der Waals surface area contributed by atoms with Crippen molar-refractivity contribution in [3.8, 4) is 5.69 Å². The molecule has 0 radical (unpaired) electrons. The number of piperidine rings is 1. The molecule has 0 unspecified atom stereocenters. The molecule has 4 rings (SSSR count). The minimum absolute atomic E-state index is 0.174. The number of benzene rings is 1. The van der Waals surface area contributed by atoms with Crippen LogP contribution in [-0.4, -0.2) is 42.7 Å². The monoisotopic (exact) mass is 364 g/mol. The molecular weight excluding hydrogens is 340 g/mol. The smallest absolute Gasteiger partial charge is 0.297 e. The molecule has 3 heterocycles. The van der Waals surface area contributed by atoms with E-state index >= 15 is 0 Å². The van der Waals surface area contributed by atoms with E-state index < -0.39 is 0 Å². The van der Waals surface area contributed by atoms with Crippen molar-refractivity contribution in [3.05, 3.63) is 70.4 Å². The molecule has 140 valence electrons. The number of H-pyrrole nitrogens is 1. The first-order valence-corrected chi connectivity index (χ1v) is 9.50. The molecule has 0 saturated carbocycles. The maximum Gasteiger partial charge on any atom is 0.347 e. The molecular formula is C20H24N6O. The van der Waals surface area contributed by atoms with E-state index in [4.69, 9.17) is 0 Å². The van der Waals surface area contributed by atoms with Crippen molar-refractivity contribution in [2.75, 3.05) is 13.1 Å². The van der Waals surface area contributed by atoms with Crippen LogP contribution in [0.15, 0.2) is 47.4 Å². The molecule has 1 aliphatic rings. The lowest BCUT2D eigenvalue weighted by molar-refractivity contribution is 0.198. The Morgan fingerprint density at radius 2 is 1.93 bits per heavy atom. The summed E-state index contributed by atoms with van der Waals surface area (Å²) >= 11 is 0. The predicted octanol–water partition coefficient (Wildman–Crippen LogP) is 2.29. The van der Waals surface area contributed by atoms with Crippen molar-refractivity contribution >= 4 is 0 Å². The minimum Gasteiger partial charge on any atom is -0.297 e. The summed E-state index contributed by atoms with van der Waals surface area (Å²) in [4.78, 5) is 23.6. The third kappa shape index (κ3) is 3.83. The molecule has 2 aromatic heterocycles. The van der Waals surface area contributed by atoms with E-state index in [1.54, 1.807) is 4.57 Å². The first kappa shape index (κ1) is 17.6. The fraction of sp³-hybridized carbons (Fsp3) is 0.400. The van der Waals surface area contributed by atoms with Crippen molar-refractivity contribution in [2.45, 2.75) is 38.6 Å². The van der Waals surface area contributed by atoms with Gasteiger partial charge in [0.2, 0.25) is 0 Å². The third-order valence-corrected chi connectivity index (χ3v) is 5.13. The molecule has 7 nitrogen and oxygen atoms in total. The number of para-hydroxylation sites is 1. The lowest BCUT2D eigenvalue weighted by atomic mass is 9.95. The molecule has 1 fully saturated rings. The number of rotatable bonds is 5. The van der Waals surface area contributed by atoms with E-state index in [0.717, 1.165) is 61.9 Å². The van der Waals surface area contributed by atoms with Crippen LogP contribution in [0.4, 0.5) is 0 Å². The molecule has 0 aliphatic carbocycles. The van der Waals surface area contributed by atoms with Gasteiger partial charge in [-0.15, -0.1) is 0 Å². The molecule has 3 aromatic rings. The van der Waals surface area contributed by atoms with Crippen LogP contribution in [0.2, 0.25) is 0 Å². The summed E-state index contributed by atoms with van der Waals surface area (Å²) in [5, 5.41) is 6.96. The SMILES string of the molecule is CCc1nccc(CN2CCC(c3n[nH]c(=O)n3-c3ccccc3)CC2)n1. The Morgan fingerprint density at radius 3 is 2.67 bits per heavy atom. The summed E-state index contributed by atoms with van der Waals surface area (Å²) in [6.45, 7) is 4.84. The molecule has 7 heteroatoms. The summed E-state index contributed by atoms with van der Waals surface area (Å²) in [6, 6.07) is 11.7. The number of hydrogen-bond donors (Lipinski definition) is 1. The van der Waals surface area contributed by atoms with Gasteiger partial charge in [0.15, 0.2) is 0 Å². The van der Waals surface area contributed by atoms with Gasteiger partial charge in [0.1, 0.15) is 11.6 Å². The molecule has 1 aromatic carbocycles. The normalized spacial score (nSPS) is 15.9. The molecule has 1 N–H and O–H groups in total. The van der Waals surface area contributed by atoms with E-state index in [1.807, 2.05) is 42.6 Å². The van der Waals surface area contributed by atoms with Crippen LogP contribution in [-0.2, 0) is 13.0 Å². The number of aromatic amines is 1. The highest BCUT2D eigenvalue weighted by molar-refractivity contribution is 5.32. The lowest BCUT2D eigenvalue weighted by Crippen LogP contribution is -2.34. The van der Waals surface area contributed by atoms with Crippen LogP contribution < -0.4 is 5.69 Å². The molecule has 1 aliphatic heterocycles. The summed E-state index contributed by atoms with van der Waals surface area (Å²) in [7, 11) is 0. The second-order valence-corrected chi connectivity index (χ2v) is 6.93. The molecule has 0 bridgehead atoms. The Hall–Kier alpha value is -2.80. The van der Waals surface area contributed by atoms with Crippen LogP contribution in [0.25, 0.3) is 5.69 Å². The van der Waals surface area contributed by atoms with Gasteiger partial charge in [-0.05, 0) is 44.1 Å². The minimum atomic E-state index is -0.174. The quantitative estimate of drug-likeness (QED) is 0.751. The van der Waals surface area contributed by atoms with Gasteiger partial charge in [0.05, 0.1) is 11.4 Å². The average Bonchev–Trinajstić information content (AvgIpc) is 3.11. The Bertz CT molecular complexity index is 940. The van der Waals surface area contributed by atoms with Gasteiger partial charge < -0.3 is 0 Å². The number of nitrogens with zero attached hydrogens (tertiary/aromatic N) is 5. The Balaban J connectivity index is 1.45. The van der Waals surface area contributed by atoms with Gasteiger partial charge >= 0.3 is 5.69 Å². The van der Waals surface area contributed by atoms with Gasteiger partial charge in [-0.3, -0.25) is 4.90 Å². The first-order chi connectivity index (χ1) is 13.2. The van der Waals surface area contributed by atoms with Gasteiger partial charge in [-0.2, -0.15) is 5.10 Å². The molecule has 0 spiro atoms. The van der Waals surface area contributed by atoms with E-state index in [0.29, 0.717) is 0 Å². The first-order valence-electron chi connectivity index (χ1n) is 9.50. The topological polar surface area (TPSA) is 79.7 Å². The highest BCUT2D eigenvalue weighted by atomic mass is 16.1. The fourth-order valence-corrected chi connectivity index (χ4v) is 3.69. The predicted molar refractivity (Wildman–Crippen MR) is 103 cm³/mol. The Morgan fingerprint density at radius 1 is 1.15 bits per heavy atom. The van der Waals surface area contributed by atoms with Crippen molar-refractivity contribution in [1.82, 2.24) is 29.6 Å².